The van der Waals surface area contributed by atoms with Crippen molar-refractivity contribution in [1.82, 2.24) is 4.72 Å². The van der Waals surface area contributed by atoms with Crippen LogP contribution in [0.1, 0.15) is 24.2 Å². The summed E-state index contributed by atoms with van der Waals surface area (Å²) < 4.78 is 31.3. The van der Waals surface area contributed by atoms with Gasteiger partial charge < -0.3 is 14.9 Å². The number of benzene rings is 1. The molecule has 0 heterocycles. The Morgan fingerprint density at radius 1 is 1.40 bits per heavy atom. The lowest BCUT2D eigenvalue weighted by Gasteiger charge is -2.10. The van der Waals surface area contributed by atoms with Crippen LogP contribution in [0.15, 0.2) is 23.1 Å². The third kappa shape index (κ3) is 4.48. The van der Waals surface area contributed by atoms with Gasteiger partial charge in [0, 0.05) is 6.54 Å². The molecule has 3 N–H and O–H groups in total. The average molecular weight is 303 g/mol. The second-order valence-electron chi connectivity index (χ2n) is 4.30. The van der Waals surface area contributed by atoms with E-state index in [1.807, 2.05) is 13.8 Å². The predicted octanol–water partition coefficient (Wildman–Crippen LogP) is 0.794. The molecule has 0 aliphatic heterocycles. The number of aromatic carboxylic acids is 1. The topological polar surface area (TPSA) is 113 Å². The maximum absolute atomic E-state index is 11.9. The molecule has 112 valence electrons. The van der Waals surface area contributed by atoms with Crippen molar-refractivity contribution >= 4 is 16.0 Å². The quantitative estimate of drug-likeness (QED) is 0.642. The zero-order valence-corrected chi connectivity index (χ0v) is 12.0. The molecule has 0 amide bonds. The Balaban J connectivity index is 2.82. The number of carbonyl (C=O) groups is 1. The number of rotatable bonds is 7. The molecule has 0 unspecified atom stereocenters. The van der Waals surface area contributed by atoms with Gasteiger partial charge in [0.1, 0.15) is 11.3 Å². The molecule has 0 fully saturated rings. The first-order chi connectivity index (χ1) is 9.24. The summed E-state index contributed by atoms with van der Waals surface area (Å²) in [5, 5.41) is 18.2. The maximum Gasteiger partial charge on any atom is 0.339 e. The van der Waals surface area contributed by atoms with Crippen LogP contribution in [0.3, 0.4) is 0 Å². The summed E-state index contributed by atoms with van der Waals surface area (Å²) in [4.78, 5) is 10.6. The molecule has 7 nitrogen and oxygen atoms in total. The number of sulfonamides is 1. The molecule has 0 atom stereocenters. The lowest BCUT2D eigenvalue weighted by molar-refractivity contribution is 0.0693. The molecule has 20 heavy (non-hydrogen) atoms. The van der Waals surface area contributed by atoms with Crippen molar-refractivity contribution in [1.29, 1.82) is 0 Å². The van der Waals surface area contributed by atoms with Crippen LogP contribution in [0.5, 0.6) is 5.75 Å². The molecule has 0 bridgehead atoms. The van der Waals surface area contributed by atoms with E-state index in [0.717, 1.165) is 18.2 Å². The van der Waals surface area contributed by atoms with E-state index in [-0.39, 0.29) is 24.2 Å². The summed E-state index contributed by atoms with van der Waals surface area (Å²) in [6, 6.07) is 3.07. The van der Waals surface area contributed by atoms with Crippen molar-refractivity contribution in [2.45, 2.75) is 24.8 Å². The zero-order valence-electron chi connectivity index (χ0n) is 11.2. The minimum Gasteiger partial charge on any atom is -0.507 e. The van der Waals surface area contributed by atoms with Gasteiger partial charge in [-0.1, -0.05) is 0 Å². The molecule has 0 aliphatic carbocycles. The summed E-state index contributed by atoms with van der Waals surface area (Å²) in [5.41, 5.74) is -0.466. The van der Waals surface area contributed by atoms with Crippen LogP contribution < -0.4 is 4.72 Å². The Morgan fingerprint density at radius 2 is 2.05 bits per heavy atom. The van der Waals surface area contributed by atoms with E-state index >= 15 is 0 Å². The van der Waals surface area contributed by atoms with E-state index in [1.54, 1.807) is 0 Å². The van der Waals surface area contributed by atoms with Gasteiger partial charge in [0.25, 0.3) is 0 Å². The SMILES string of the molecule is CC(C)OCCNS(=O)(=O)c1ccc(O)c(C(=O)O)c1. The fourth-order valence-corrected chi connectivity index (χ4v) is 2.45. The first-order valence-corrected chi connectivity index (χ1v) is 7.40. The standard InChI is InChI=1S/C12H17NO6S/c1-8(2)19-6-5-13-20(17,18)9-3-4-11(14)10(7-9)12(15)16/h3-4,7-8,13-14H,5-6H2,1-2H3,(H,15,16). The molecule has 0 saturated carbocycles. The highest BCUT2D eigenvalue weighted by Crippen LogP contribution is 2.21. The van der Waals surface area contributed by atoms with Crippen molar-refractivity contribution in [2.75, 3.05) is 13.2 Å². The van der Waals surface area contributed by atoms with Gasteiger partial charge in [0.2, 0.25) is 10.0 Å². The van der Waals surface area contributed by atoms with Crippen LogP contribution >= 0.6 is 0 Å². The van der Waals surface area contributed by atoms with Crippen LogP contribution in [-0.4, -0.2) is 43.9 Å². The second-order valence-corrected chi connectivity index (χ2v) is 6.07. The van der Waals surface area contributed by atoms with Gasteiger partial charge in [-0.2, -0.15) is 0 Å². The van der Waals surface area contributed by atoms with Crippen LogP contribution in [0.25, 0.3) is 0 Å². The molecule has 0 spiro atoms. The second kappa shape index (κ2) is 6.69. The molecule has 0 aliphatic rings. The number of carboxylic acid groups (broad SMARTS) is 1. The minimum atomic E-state index is -3.84. The Labute approximate surface area is 117 Å². The summed E-state index contributed by atoms with van der Waals surface area (Å²) in [5.74, 6) is -1.89. The van der Waals surface area contributed by atoms with Gasteiger partial charge in [-0.3, -0.25) is 0 Å². The van der Waals surface area contributed by atoms with Gasteiger partial charge in [-0.15, -0.1) is 0 Å². The fourth-order valence-electron chi connectivity index (χ4n) is 1.41. The highest BCUT2D eigenvalue weighted by molar-refractivity contribution is 7.89. The van der Waals surface area contributed by atoms with Crippen molar-refractivity contribution < 1.29 is 28.2 Å². The molecular weight excluding hydrogens is 286 g/mol. The molecule has 0 radical (unpaired) electrons. The van der Waals surface area contributed by atoms with Gasteiger partial charge >= 0.3 is 5.97 Å². The first-order valence-electron chi connectivity index (χ1n) is 5.91. The minimum absolute atomic E-state index is 0.00760. The van der Waals surface area contributed by atoms with Crippen molar-refractivity contribution in [3.8, 4) is 5.75 Å². The molecule has 0 saturated heterocycles. The van der Waals surface area contributed by atoms with Gasteiger partial charge in [0.05, 0.1) is 17.6 Å². The molecule has 1 rings (SSSR count). The fraction of sp³-hybridized carbons (Fsp3) is 0.417. The lowest BCUT2D eigenvalue weighted by atomic mass is 10.2. The summed E-state index contributed by atoms with van der Waals surface area (Å²) >= 11 is 0. The van der Waals surface area contributed by atoms with Gasteiger partial charge in [-0.05, 0) is 32.0 Å². The molecule has 8 heteroatoms. The number of hydrogen-bond acceptors (Lipinski definition) is 5. The number of hydrogen-bond donors (Lipinski definition) is 3. The van der Waals surface area contributed by atoms with Crippen molar-refractivity contribution in [3.05, 3.63) is 23.8 Å². The highest BCUT2D eigenvalue weighted by atomic mass is 32.2. The van der Waals surface area contributed by atoms with E-state index in [1.165, 1.54) is 0 Å². The monoisotopic (exact) mass is 303 g/mol. The average Bonchev–Trinajstić information content (AvgIpc) is 2.34. The van der Waals surface area contributed by atoms with Gasteiger partial charge in [0.15, 0.2) is 0 Å². The third-order valence-electron chi connectivity index (χ3n) is 2.35. The van der Waals surface area contributed by atoms with Crippen LogP contribution in [-0.2, 0) is 14.8 Å². The van der Waals surface area contributed by atoms with E-state index < -0.39 is 27.3 Å². The first kappa shape index (κ1) is 16.4. The normalized spacial score (nSPS) is 11.8. The predicted molar refractivity (Wildman–Crippen MR) is 71.3 cm³/mol. The van der Waals surface area contributed by atoms with E-state index in [2.05, 4.69) is 4.72 Å². The highest BCUT2D eigenvalue weighted by Gasteiger charge is 2.18. The number of carboxylic acids is 1. The van der Waals surface area contributed by atoms with Crippen molar-refractivity contribution in [3.63, 3.8) is 0 Å². The number of aromatic hydroxyl groups is 1. The summed E-state index contributed by atoms with van der Waals surface area (Å²) in [7, 11) is -3.84. The number of phenols is 1. The smallest absolute Gasteiger partial charge is 0.339 e. The summed E-state index contributed by atoms with van der Waals surface area (Å²) in [6.45, 7) is 3.94. The van der Waals surface area contributed by atoms with Crippen LogP contribution in [0.4, 0.5) is 0 Å². The number of nitrogens with one attached hydrogen (secondary N) is 1. The Morgan fingerprint density at radius 3 is 2.60 bits per heavy atom. The van der Waals surface area contributed by atoms with Crippen LogP contribution in [0.2, 0.25) is 0 Å². The van der Waals surface area contributed by atoms with Crippen molar-refractivity contribution in [2.24, 2.45) is 0 Å². The van der Waals surface area contributed by atoms with Crippen LogP contribution in [0, 0.1) is 0 Å². The Hall–Kier alpha value is -1.64. The molecular formula is C12H17NO6S. The largest absolute Gasteiger partial charge is 0.507 e. The molecule has 1 aromatic rings. The maximum atomic E-state index is 11.9. The summed E-state index contributed by atoms with van der Waals surface area (Å²) in [6.07, 6.45) is -0.00760. The van der Waals surface area contributed by atoms with E-state index in [9.17, 15) is 18.3 Å². The van der Waals surface area contributed by atoms with E-state index in [4.69, 9.17) is 9.84 Å². The number of ether oxygens (including phenoxy) is 1. The lowest BCUT2D eigenvalue weighted by Crippen LogP contribution is -2.28. The Kier molecular flexibility index (Phi) is 5.49. The Bertz CT molecular complexity index is 582. The third-order valence-corrected chi connectivity index (χ3v) is 3.81. The molecule has 0 aromatic heterocycles. The van der Waals surface area contributed by atoms with E-state index in [0.29, 0.717) is 0 Å². The molecule has 1 aromatic carbocycles. The van der Waals surface area contributed by atoms with Gasteiger partial charge in [-0.25, -0.2) is 17.9 Å². The zero-order chi connectivity index (χ0) is 15.3.